The van der Waals surface area contributed by atoms with E-state index in [0.717, 1.165) is 10.7 Å². The maximum atomic E-state index is 14.1. The highest BCUT2D eigenvalue weighted by molar-refractivity contribution is 14.1. The molecule has 1 aromatic carbocycles. The summed E-state index contributed by atoms with van der Waals surface area (Å²) in [5.74, 6) is -15.9. The van der Waals surface area contributed by atoms with Gasteiger partial charge in [0.1, 0.15) is 12.2 Å². The summed E-state index contributed by atoms with van der Waals surface area (Å²) in [7, 11) is 0. The normalized spacial score (nSPS) is 12.5. The van der Waals surface area contributed by atoms with Crippen LogP contribution in [0.3, 0.4) is 0 Å². The first kappa shape index (κ1) is 34.0. The van der Waals surface area contributed by atoms with Gasteiger partial charge in [-0.3, -0.25) is 9.59 Å². The number of nitrogens with zero attached hydrogens (tertiary/aromatic N) is 7. The molecule has 4 aromatic rings. The molecule has 3 heterocycles. The maximum Gasteiger partial charge on any atom is 0.460 e. The molecule has 0 aliphatic heterocycles. The summed E-state index contributed by atoms with van der Waals surface area (Å²) in [6.45, 7) is 4.46. The Morgan fingerprint density at radius 3 is 2.36 bits per heavy atom. The Labute approximate surface area is 267 Å². The number of hydrogen-bond donors (Lipinski definition) is 2. The van der Waals surface area contributed by atoms with E-state index < -0.39 is 42.2 Å². The van der Waals surface area contributed by atoms with Crippen molar-refractivity contribution in [2.75, 3.05) is 5.32 Å². The molecule has 0 aliphatic rings. The van der Waals surface area contributed by atoms with Crippen molar-refractivity contribution in [3.63, 3.8) is 0 Å². The molecule has 240 valence electrons. The monoisotopic (exact) mass is 773 g/mol. The van der Waals surface area contributed by atoms with Crippen LogP contribution < -0.4 is 10.6 Å². The van der Waals surface area contributed by atoms with E-state index >= 15 is 0 Å². The number of amides is 2. The fourth-order valence-corrected chi connectivity index (χ4v) is 4.85. The van der Waals surface area contributed by atoms with Crippen LogP contribution in [0.1, 0.15) is 51.8 Å². The van der Waals surface area contributed by atoms with Crippen LogP contribution in [0.25, 0.3) is 5.82 Å². The second-order valence-electron chi connectivity index (χ2n) is 9.76. The highest BCUT2D eigenvalue weighted by atomic mass is 127. The molecule has 0 bridgehead atoms. The number of rotatable bonds is 9. The number of aromatic nitrogens is 7. The van der Waals surface area contributed by atoms with Crippen LogP contribution in [0.2, 0.25) is 5.02 Å². The average Bonchev–Trinajstić information content (AvgIpc) is 3.57. The largest absolute Gasteiger partial charge is 0.460 e. The van der Waals surface area contributed by atoms with E-state index in [2.05, 4.69) is 36.1 Å². The van der Waals surface area contributed by atoms with Gasteiger partial charge in [0, 0.05) is 15.8 Å². The molecule has 3 aromatic heterocycles. The van der Waals surface area contributed by atoms with Gasteiger partial charge in [0.05, 0.1) is 22.0 Å². The zero-order chi connectivity index (χ0) is 33.5. The van der Waals surface area contributed by atoms with E-state index in [9.17, 15) is 40.3 Å². The molecule has 0 aliphatic carbocycles. The van der Waals surface area contributed by atoms with Gasteiger partial charge in [-0.2, -0.15) is 40.6 Å². The van der Waals surface area contributed by atoms with Gasteiger partial charge in [-0.05, 0) is 84.5 Å². The number of nitrogens with one attached hydrogen (secondary N) is 2. The summed E-state index contributed by atoms with van der Waals surface area (Å²) < 4.78 is 94.6. The average molecular weight is 774 g/mol. The molecule has 45 heavy (non-hydrogen) atoms. The van der Waals surface area contributed by atoms with E-state index in [4.69, 9.17) is 11.6 Å². The molecular weight excluding hydrogens is 754 g/mol. The summed E-state index contributed by atoms with van der Waals surface area (Å²) in [5, 5.41) is 18.5. The summed E-state index contributed by atoms with van der Waals surface area (Å²) >= 11 is 8.27. The van der Waals surface area contributed by atoms with Gasteiger partial charge >= 0.3 is 18.0 Å². The number of anilines is 1. The zero-order valence-electron chi connectivity index (χ0n) is 23.1. The van der Waals surface area contributed by atoms with Gasteiger partial charge < -0.3 is 10.6 Å². The van der Waals surface area contributed by atoms with E-state index in [1.807, 2.05) is 22.6 Å². The Hall–Kier alpha value is -3.88. The highest BCUT2D eigenvalue weighted by Crippen LogP contribution is 2.50. The van der Waals surface area contributed by atoms with Crippen LogP contribution in [0, 0.1) is 10.5 Å². The van der Waals surface area contributed by atoms with Crippen LogP contribution >= 0.6 is 34.2 Å². The van der Waals surface area contributed by atoms with Gasteiger partial charge in [0.15, 0.2) is 5.82 Å². The first-order valence-corrected chi connectivity index (χ1v) is 14.0. The molecule has 11 nitrogen and oxygen atoms in total. The smallest absolute Gasteiger partial charge is 0.350 e. The van der Waals surface area contributed by atoms with E-state index in [1.165, 1.54) is 18.3 Å². The third kappa shape index (κ3) is 6.87. The quantitative estimate of drug-likeness (QED) is 0.169. The Morgan fingerprint density at radius 1 is 1.04 bits per heavy atom. The Kier molecular flexibility index (Phi) is 9.44. The van der Waals surface area contributed by atoms with Crippen molar-refractivity contribution in [2.45, 2.75) is 51.4 Å². The second kappa shape index (κ2) is 12.5. The number of carbonyl (C=O) groups excluding carboxylic acids is 2. The van der Waals surface area contributed by atoms with Crippen molar-refractivity contribution in [1.82, 2.24) is 40.3 Å². The topological polar surface area (TPSA) is 133 Å². The molecule has 4 rings (SSSR count). The third-order valence-corrected chi connectivity index (χ3v) is 6.84. The predicted molar refractivity (Wildman–Crippen MR) is 153 cm³/mol. The number of carbonyl (C=O) groups is 2. The van der Waals surface area contributed by atoms with Crippen molar-refractivity contribution in [3.8, 4) is 5.82 Å². The summed E-state index contributed by atoms with van der Waals surface area (Å²) in [4.78, 5) is 31.0. The number of halogens is 9. The van der Waals surface area contributed by atoms with Crippen molar-refractivity contribution < 1.29 is 40.3 Å². The van der Waals surface area contributed by atoms with Crippen molar-refractivity contribution in [2.24, 2.45) is 0 Å². The lowest BCUT2D eigenvalue weighted by Gasteiger charge is -2.25. The zero-order valence-corrected chi connectivity index (χ0v) is 26.0. The molecule has 0 atom stereocenters. The maximum absolute atomic E-state index is 14.1. The number of alkyl halides is 7. The molecule has 20 heteroatoms. The lowest BCUT2D eigenvalue weighted by molar-refractivity contribution is -0.361. The van der Waals surface area contributed by atoms with Gasteiger partial charge in [0.2, 0.25) is 0 Å². The lowest BCUT2D eigenvalue weighted by Crippen LogP contribution is -2.50. The lowest BCUT2D eigenvalue weighted by atomic mass is 10.1. The molecule has 0 unspecified atom stereocenters. The molecule has 2 amide bonds. The van der Waals surface area contributed by atoms with Crippen LogP contribution in [-0.2, 0) is 12.5 Å². The van der Waals surface area contributed by atoms with E-state index in [0.29, 0.717) is 13.9 Å². The van der Waals surface area contributed by atoms with Crippen molar-refractivity contribution in [1.29, 1.82) is 0 Å². The molecule has 0 radical (unpaired) electrons. The van der Waals surface area contributed by atoms with Crippen LogP contribution in [0.5, 0.6) is 0 Å². The van der Waals surface area contributed by atoms with Crippen LogP contribution in [0.4, 0.5) is 36.4 Å². The number of hydrogen-bond acceptors (Lipinski definition) is 7. The SMILES string of the molecule is Cc1cc(I)cc(C(=O)NC(C)C)c1NC(=O)c1cc(Cn2nnc(C(F)(F)C(F)(F)C(F)(F)F)n2)nn1-c1ncccc1Cl. The molecule has 0 spiro atoms. The summed E-state index contributed by atoms with van der Waals surface area (Å²) in [5.41, 5.74) is 0.444. The van der Waals surface area contributed by atoms with Crippen LogP contribution in [0.15, 0.2) is 36.5 Å². The van der Waals surface area contributed by atoms with Gasteiger partial charge in [-0.1, -0.05) is 11.6 Å². The minimum atomic E-state index is -6.60. The number of pyridine rings is 1. The molecule has 0 fully saturated rings. The minimum Gasteiger partial charge on any atom is -0.350 e. The van der Waals surface area contributed by atoms with Gasteiger partial charge in [-0.15, -0.1) is 10.2 Å². The van der Waals surface area contributed by atoms with E-state index in [-0.39, 0.29) is 39.5 Å². The Bertz CT molecular complexity index is 1760. The predicted octanol–water partition coefficient (Wildman–Crippen LogP) is 5.55. The van der Waals surface area contributed by atoms with E-state index in [1.54, 1.807) is 32.9 Å². The Morgan fingerprint density at radius 2 is 1.73 bits per heavy atom. The summed E-state index contributed by atoms with van der Waals surface area (Å²) in [6, 6.07) is 7.10. The first-order valence-electron chi connectivity index (χ1n) is 12.6. The van der Waals surface area contributed by atoms with Crippen LogP contribution in [-0.4, -0.2) is 64.9 Å². The fourth-order valence-electron chi connectivity index (χ4n) is 3.87. The Balaban J connectivity index is 1.73. The molecule has 0 saturated heterocycles. The van der Waals surface area contributed by atoms with Crippen molar-refractivity contribution in [3.05, 3.63) is 73.5 Å². The standard InChI is InChI=1S/C25H20ClF7IN9O2/c1-11(2)36-20(44)15-8-13(34)7-12(3)18(15)37-21(45)17-9-14(39-43(17)19-16(26)5-4-6-35-19)10-42-40-22(38-41-42)23(27,28)24(29,30)25(31,32)33/h4-9,11H,10H2,1-3H3,(H,36,44)(H,37,45). The number of aryl methyl sites for hydroxylation is 1. The first-order chi connectivity index (χ1) is 20.8. The molecular formula is C25H20ClF7IN9O2. The molecule has 2 N–H and O–H groups in total. The summed E-state index contributed by atoms with van der Waals surface area (Å²) in [6.07, 6.45) is -5.27. The third-order valence-electron chi connectivity index (χ3n) is 5.92. The number of benzene rings is 1. The fraction of sp³-hybridized carbons (Fsp3) is 0.320. The minimum absolute atomic E-state index is 0.0267. The molecule has 0 saturated carbocycles. The second-order valence-corrected chi connectivity index (χ2v) is 11.4. The van der Waals surface area contributed by atoms with Gasteiger partial charge in [0.25, 0.3) is 17.6 Å². The highest BCUT2D eigenvalue weighted by Gasteiger charge is 2.75. The number of tetrazole rings is 1. The van der Waals surface area contributed by atoms with Crippen molar-refractivity contribution >= 4 is 51.7 Å². The van der Waals surface area contributed by atoms with Gasteiger partial charge in [-0.25, -0.2) is 9.67 Å².